The van der Waals surface area contributed by atoms with Crippen molar-refractivity contribution in [3.05, 3.63) is 25.0 Å². The van der Waals surface area contributed by atoms with E-state index >= 15 is 0 Å². The molecule has 0 aliphatic carbocycles. The standard InChI is InChI=1S/C4H7NO.C3H8BNO.2C2H6/c5-3-1-2-4-6;1-2-3-4(5)6;2*1-2/h2-6H,1H2;2,6H,1,3,5H2;2*1-2H3/b4-2+,5-3?;;;. The van der Waals surface area contributed by atoms with E-state index in [-0.39, 0.29) is 0 Å². The second-order valence-corrected chi connectivity index (χ2v) is 1.92. The molecule has 0 bridgehead atoms. The first-order valence-corrected chi connectivity index (χ1v) is 5.51. The van der Waals surface area contributed by atoms with Crippen molar-refractivity contribution >= 4 is 13.3 Å². The van der Waals surface area contributed by atoms with Gasteiger partial charge in [-0.15, -0.1) is 6.58 Å². The smallest absolute Gasteiger partial charge is 0.378 e. The molecule has 0 amide bonds. The molecule has 0 aliphatic heterocycles. The second kappa shape index (κ2) is 37.0. The Morgan fingerprint density at radius 2 is 1.75 bits per heavy atom. The van der Waals surface area contributed by atoms with Crippen molar-refractivity contribution in [1.82, 2.24) is 0 Å². The maximum atomic E-state index is 8.26. The largest absolute Gasteiger partial charge is 0.516 e. The molecule has 0 aromatic heterocycles. The maximum absolute atomic E-state index is 8.26. The zero-order valence-corrected chi connectivity index (χ0v) is 11.0. The summed E-state index contributed by atoms with van der Waals surface area (Å²) in [4.78, 5) is 0. The van der Waals surface area contributed by atoms with Gasteiger partial charge in [-0.2, -0.15) is 0 Å². The van der Waals surface area contributed by atoms with E-state index in [0.717, 1.165) is 6.26 Å². The predicted molar refractivity (Wildman–Crippen MR) is 75.0 cm³/mol. The first-order valence-electron chi connectivity index (χ1n) is 5.51. The van der Waals surface area contributed by atoms with Crippen LogP contribution < -0.4 is 5.64 Å². The molecule has 0 saturated carbocycles. The van der Waals surface area contributed by atoms with Crippen LogP contribution in [0.25, 0.3) is 0 Å². The van der Waals surface area contributed by atoms with Crippen LogP contribution in [0.2, 0.25) is 6.32 Å². The fraction of sp³-hybridized carbons (Fsp3) is 0.545. The normalized spacial score (nSPS) is 7.12. The van der Waals surface area contributed by atoms with Gasteiger partial charge in [0.05, 0.1) is 6.26 Å². The lowest BCUT2D eigenvalue weighted by atomic mass is 9.82. The number of allylic oxidation sites excluding steroid dienone is 2. The van der Waals surface area contributed by atoms with E-state index in [2.05, 4.69) is 6.58 Å². The van der Waals surface area contributed by atoms with E-state index in [1.54, 1.807) is 6.08 Å². The molecule has 0 fully saturated rings. The molecule has 0 heterocycles. The summed E-state index contributed by atoms with van der Waals surface area (Å²) in [6, 6.07) is 0. The van der Waals surface area contributed by atoms with E-state index in [1.165, 1.54) is 12.3 Å². The first kappa shape index (κ1) is 24.3. The van der Waals surface area contributed by atoms with Gasteiger partial charge in [0.2, 0.25) is 0 Å². The van der Waals surface area contributed by atoms with Crippen LogP contribution in [-0.4, -0.2) is 23.4 Å². The number of aliphatic hydroxyl groups is 1. The highest BCUT2D eigenvalue weighted by atomic mass is 16.2. The Bertz CT molecular complexity index is 140. The van der Waals surface area contributed by atoms with Crippen molar-refractivity contribution in [2.24, 2.45) is 5.64 Å². The summed E-state index contributed by atoms with van der Waals surface area (Å²) >= 11 is 0. The first-order chi connectivity index (χ1) is 7.68. The van der Waals surface area contributed by atoms with Gasteiger partial charge < -0.3 is 21.2 Å². The third-order valence-corrected chi connectivity index (χ3v) is 0.768. The zero-order chi connectivity index (χ0) is 13.8. The Hall–Kier alpha value is -1.07. The van der Waals surface area contributed by atoms with E-state index in [9.17, 15) is 0 Å². The molecular formula is C11H27BN2O2. The summed E-state index contributed by atoms with van der Waals surface area (Å²) in [6.07, 6.45) is 6.21. The number of hydrogen-bond donors (Lipinski definition) is 4. The third kappa shape index (κ3) is 75.7. The molecule has 4 nitrogen and oxygen atoms in total. The minimum atomic E-state index is -0.720. The molecule has 0 unspecified atom stereocenters. The Kier molecular flexibility index (Phi) is 56.1. The van der Waals surface area contributed by atoms with Gasteiger partial charge in [0, 0.05) is 6.42 Å². The average molecular weight is 230 g/mol. The van der Waals surface area contributed by atoms with Crippen LogP contribution in [-0.2, 0) is 0 Å². The number of nitrogens with two attached hydrogens (primary N) is 1. The van der Waals surface area contributed by atoms with Crippen molar-refractivity contribution < 1.29 is 10.1 Å². The molecule has 0 saturated heterocycles. The van der Waals surface area contributed by atoms with Crippen LogP contribution in [0.15, 0.2) is 25.0 Å². The summed E-state index contributed by atoms with van der Waals surface area (Å²) in [5.41, 5.74) is 4.89. The van der Waals surface area contributed by atoms with E-state index in [0.29, 0.717) is 12.7 Å². The van der Waals surface area contributed by atoms with Gasteiger partial charge in [-0.25, -0.2) is 0 Å². The Morgan fingerprint density at radius 1 is 1.31 bits per heavy atom. The molecule has 0 aromatic carbocycles. The Labute approximate surface area is 101 Å². The summed E-state index contributed by atoms with van der Waals surface area (Å²) in [6.45, 7) is 11.4. The molecule has 0 radical (unpaired) electrons. The molecule has 96 valence electrons. The van der Waals surface area contributed by atoms with Crippen molar-refractivity contribution in [2.75, 3.05) is 0 Å². The van der Waals surface area contributed by atoms with Crippen molar-refractivity contribution in [1.29, 1.82) is 5.41 Å². The zero-order valence-electron chi connectivity index (χ0n) is 11.0. The summed E-state index contributed by atoms with van der Waals surface area (Å²) < 4.78 is 0. The molecule has 0 rings (SSSR count). The number of nitrogens with one attached hydrogen (secondary N) is 1. The van der Waals surface area contributed by atoms with Crippen LogP contribution in [0.3, 0.4) is 0 Å². The fourth-order valence-corrected chi connectivity index (χ4v) is 0.300. The SMILES string of the molecule is C=CCB(N)O.CC.CC.N=CC/C=C/O. The Balaban J connectivity index is -0.0000000686. The van der Waals surface area contributed by atoms with Crippen LogP contribution in [0.4, 0.5) is 0 Å². The monoisotopic (exact) mass is 230 g/mol. The predicted octanol–water partition coefficient (Wildman–Crippen LogP) is 2.76. The summed E-state index contributed by atoms with van der Waals surface area (Å²) in [7, 11) is -0.720. The van der Waals surface area contributed by atoms with Gasteiger partial charge in [0.25, 0.3) is 0 Å². The molecule has 0 aromatic rings. The van der Waals surface area contributed by atoms with E-state index < -0.39 is 7.05 Å². The molecule has 0 spiro atoms. The molecule has 5 N–H and O–H groups in total. The fourth-order valence-electron chi connectivity index (χ4n) is 0.300. The van der Waals surface area contributed by atoms with Gasteiger partial charge in [0.1, 0.15) is 0 Å². The topological polar surface area (TPSA) is 90.3 Å². The summed E-state index contributed by atoms with van der Waals surface area (Å²) in [5, 5.41) is 22.6. The van der Waals surface area contributed by atoms with E-state index in [4.69, 9.17) is 21.2 Å². The lowest BCUT2D eigenvalue weighted by molar-refractivity contribution is 0.472. The minimum Gasteiger partial charge on any atom is -0.516 e. The van der Waals surface area contributed by atoms with E-state index in [1.807, 2.05) is 27.7 Å². The van der Waals surface area contributed by atoms with Gasteiger partial charge in [0.15, 0.2) is 0 Å². The Morgan fingerprint density at radius 3 is 1.81 bits per heavy atom. The molecule has 5 heteroatoms. The average Bonchev–Trinajstić information content (AvgIpc) is 2.32. The minimum absolute atomic E-state index is 0.472. The van der Waals surface area contributed by atoms with Crippen LogP contribution in [0, 0.1) is 5.41 Å². The summed E-state index contributed by atoms with van der Waals surface area (Å²) in [5.74, 6) is 0. The highest BCUT2D eigenvalue weighted by Gasteiger charge is 1.95. The lowest BCUT2D eigenvalue weighted by Crippen LogP contribution is -2.23. The second-order valence-electron chi connectivity index (χ2n) is 1.92. The molecule has 0 aliphatic rings. The third-order valence-electron chi connectivity index (χ3n) is 0.768. The number of rotatable bonds is 4. The van der Waals surface area contributed by atoms with Crippen LogP contribution in [0.1, 0.15) is 34.1 Å². The molecule has 0 atom stereocenters. The van der Waals surface area contributed by atoms with Gasteiger partial charge in [-0.05, 0) is 18.6 Å². The maximum Gasteiger partial charge on any atom is 0.378 e. The molecular weight excluding hydrogens is 203 g/mol. The highest BCUT2D eigenvalue weighted by Crippen LogP contribution is 1.76. The molecule has 16 heavy (non-hydrogen) atoms. The van der Waals surface area contributed by atoms with Gasteiger partial charge >= 0.3 is 7.05 Å². The van der Waals surface area contributed by atoms with Gasteiger partial charge in [-0.1, -0.05) is 33.8 Å². The number of hydrogen-bond acceptors (Lipinski definition) is 4. The highest BCUT2D eigenvalue weighted by molar-refractivity contribution is 6.46. The van der Waals surface area contributed by atoms with Crippen molar-refractivity contribution in [2.45, 2.75) is 40.4 Å². The van der Waals surface area contributed by atoms with Crippen molar-refractivity contribution in [3.63, 3.8) is 0 Å². The van der Waals surface area contributed by atoms with Crippen molar-refractivity contribution in [3.8, 4) is 0 Å². The van der Waals surface area contributed by atoms with Crippen LogP contribution in [0.5, 0.6) is 0 Å². The van der Waals surface area contributed by atoms with Crippen LogP contribution >= 0.6 is 0 Å². The van der Waals surface area contributed by atoms with Gasteiger partial charge in [-0.3, -0.25) is 0 Å². The lowest BCUT2D eigenvalue weighted by Gasteiger charge is -1.85. The quantitative estimate of drug-likeness (QED) is 0.259. The number of aliphatic hydroxyl groups excluding tert-OH is 1.